The smallest absolute Gasteiger partial charge is 0.325 e. The summed E-state index contributed by atoms with van der Waals surface area (Å²) in [5, 5.41) is 14.1. The van der Waals surface area contributed by atoms with Crippen LogP contribution >= 0.6 is 0 Å². The first kappa shape index (κ1) is 21.9. The molecule has 0 spiro atoms. The van der Waals surface area contributed by atoms with E-state index < -0.39 is 24.0 Å². The molecular formula is C21H30N2O5. The molecule has 7 heteroatoms. The number of ether oxygens (including phenoxy) is 1. The molecule has 3 N–H and O–H groups in total. The van der Waals surface area contributed by atoms with Crippen molar-refractivity contribution in [2.24, 2.45) is 5.92 Å². The number of amides is 2. The number of anilines is 1. The third-order valence-corrected chi connectivity index (χ3v) is 5.04. The first-order valence-corrected chi connectivity index (χ1v) is 9.90. The Hall–Kier alpha value is -2.41. The molecular weight excluding hydrogens is 360 g/mol. The number of aliphatic carboxylic acids is 1. The number of carboxylic acids is 1. The first-order valence-electron chi connectivity index (χ1n) is 9.90. The number of rotatable bonds is 8. The van der Waals surface area contributed by atoms with Gasteiger partial charge in [0.25, 0.3) is 11.8 Å². The summed E-state index contributed by atoms with van der Waals surface area (Å²) in [7, 11) is 0. The second-order valence-corrected chi connectivity index (χ2v) is 7.53. The van der Waals surface area contributed by atoms with E-state index in [1.54, 1.807) is 24.3 Å². The van der Waals surface area contributed by atoms with E-state index in [0.29, 0.717) is 23.6 Å². The van der Waals surface area contributed by atoms with Crippen molar-refractivity contribution in [1.82, 2.24) is 5.32 Å². The Kier molecular flexibility index (Phi) is 7.99. The second-order valence-electron chi connectivity index (χ2n) is 7.53. The summed E-state index contributed by atoms with van der Waals surface area (Å²) in [6, 6.07) is 5.35. The van der Waals surface area contributed by atoms with E-state index >= 15 is 0 Å². The predicted octanol–water partition coefficient (Wildman–Crippen LogP) is 3.20. The van der Waals surface area contributed by atoms with E-state index in [1.807, 2.05) is 6.92 Å². The minimum Gasteiger partial charge on any atom is -0.480 e. The van der Waals surface area contributed by atoms with Crippen LogP contribution < -0.4 is 10.6 Å². The summed E-state index contributed by atoms with van der Waals surface area (Å²) in [4.78, 5) is 35.4. The quantitative estimate of drug-likeness (QED) is 0.632. The molecule has 0 heterocycles. The van der Waals surface area contributed by atoms with E-state index in [1.165, 1.54) is 13.3 Å². The fourth-order valence-electron chi connectivity index (χ4n) is 3.35. The molecule has 28 heavy (non-hydrogen) atoms. The molecule has 4 atom stereocenters. The summed E-state index contributed by atoms with van der Waals surface area (Å²) in [5.74, 6) is -1.15. The minimum absolute atomic E-state index is 0.127. The molecule has 0 radical (unpaired) electrons. The van der Waals surface area contributed by atoms with Crippen LogP contribution in [-0.2, 0) is 14.3 Å². The second kappa shape index (κ2) is 10.2. The van der Waals surface area contributed by atoms with E-state index in [9.17, 15) is 14.4 Å². The van der Waals surface area contributed by atoms with Crippen molar-refractivity contribution < 1.29 is 24.2 Å². The van der Waals surface area contributed by atoms with Gasteiger partial charge in [0.05, 0.1) is 6.10 Å². The highest BCUT2D eigenvalue weighted by atomic mass is 16.5. The normalized spacial score (nSPS) is 21.4. The summed E-state index contributed by atoms with van der Waals surface area (Å²) < 4.78 is 6.04. The molecule has 1 aliphatic carbocycles. The number of nitrogens with one attached hydrogen (secondary N) is 2. The molecule has 154 valence electrons. The van der Waals surface area contributed by atoms with E-state index in [0.717, 1.165) is 19.3 Å². The van der Waals surface area contributed by atoms with Gasteiger partial charge in [0.15, 0.2) is 0 Å². The molecule has 0 bridgehead atoms. The van der Waals surface area contributed by atoms with Gasteiger partial charge in [-0.05, 0) is 56.4 Å². The molecule has 1 fully saturated rings. The zero-order valence-corrected chi connectivity index (χ0v) is 16.7. The van der Waals surface area contributed by atoms with Crippen molar-refractivity contribution in [1.29, 1.82) is 0 Å². The Morgan fingerprint density at radius 1 is 1.21 bits per heavy atom. The van der Waals surface area contributed by atoms with Crippen LogP contribution in [0.15, 0.2) is 24.3 Å². The van der Waals surface area contributed by atoms with Crippen molar-refractivity contribution in [2.45, 2.75) is 71.1 Å². The monoisotopic (exact) mass is 390 g/mol. The molecule has 1 aromatic carbocycles. The lowest BCUT2D eigenvalue weighted by molar-refractivity contribution is -0.138. The highest BCUT2D eigenvalue weighted by molar-refractivity contribution is 5.98. The Bertz CT molecular complexity index is 689. The third-order valence-electron chi connectivity index (χ3n) is 5.04. The zero-order chi connectivity index (χ0) is 20.7. The van der Waals surface area contributed by atoms with Crippen molar-refractivity contribution >= 4 is 23.5 Å². The van der Waals surface area contributed by atoms with Gasteiger partial charge >= 0.3 is 5.97 Å². The number of hydrogen-bond donors (Lipinski definition) is 3. The highest BCUT2D eigenvalue weighted by Crippen LogP contribution is 2.27. The van der Waals surface area contributed by atoms with Crippen molar-refractivity contribution in [3.8, 4) is 0 Å². The van der Waals surface area contributed by atoms with Crippen LogP contribution in [0.3, 0.4) is 0 Å². The largest absolute Gasteiger partial charge is 0.480 e. The standard InChI is InChI=1S/C21H30N2O5/c1-4-18(28-17-7-5-6-13(2)12-17)20(25)23-16-10-8-15(9-11-16)19(24)22-14(3)21(26)27/h8-11,13-14,17-18H,4-7,12H2,1-3H3,(H,22,24)(H,23,25)(H,26,27). The number of benzene rings is 1. The fraction of sp³-hybridized carbons (Fsp3) is 0.571. The lowest BCUT2D eigenvalue weighted by Crippen LogP contribution is -2.38. The molecule has 1 aromatic rings. The maximum absolute atomic E-state index is 12.6. The summed E-state index contributed by atoms with van der Waals surface area (Å²) in [6.45, 7) is 5.53. The molecule has 0 saturated heterocycles. The lowest BCUT2D eigenvalue weighted by Gasteiger charge is -2.29. The summed E-state index contributed by atoms with van der Waals surface area (Å²) in [5.41, 5.74) is 0.887. The highest BCUT2D eigenvalue weighted by Gasteiger charge is 2.26. The van der Waals surface area contributed by atoms with Crippen molar-refractivity contribution in [3.63, 3.8) is 0 Å². The van der Waals surface area contributed by atoms with E-state index in [-0.39, 0.29) is 12.0 Å². The minimum atomic E-state index is -1.10. The Morgan fingerprint density at radius 2 is 1.89 bits per heavy atom. The van der Waals surface area contributed by atoms with Gasteiger partial charge in [0.1, 0.15) is 12.1 Å². The molecule has 1 saturated carbocycles. The number of carbonyl (C=O) groups is 3. The lowest BCUT2D eigenvalue weighted by atomic mass is 9.88. The average Bonchev–Trinajstić information content (AvgIpc) is 2.66. The molecule has 1 aliphatic rings. The van der Waals surface area contributed by atoms with Crippen LogP contribution in [0, 0.1) is 5.92 Å². The van der Waals surface area contributed by atoms with Gasteiger partial charge in [-0.15, -0.1) is 0 Å². The van der Waals surface area contributed by atoms with Crippen molar-refractivity contribution in [3.05, 3.63) is 29.8 Å². The van der Waals surface area contributed by atoms with Crippen LogP contribution in [0.1, 0.15) is 63.2 Å². The Balaban J connectivity index is 1.91. The van der Waals surface area contributed by atoms with Gasteiger partial charge < -0.3 is 20.5 Å². The molecule has 7 nitrogen and oxygen atoms in total. The Labute approximate surface area is 165 Å². The molecule has 0 aliphatic heterocycles. The van der Waals surface area contributed by atoms with Crippen molar-refractivity contribution in [2.75, 3.05) is 5.32 Å². The fourth-order valence-corrected chi connectivity index (χ4v) is 3.35. The first-order chi connectivity index (χ1) is 13.3. The van der Waals surface area contributed by atoms with E-state index in [2.05, 4.69) is 17.6 Å². The van der Waals surface area contributed by atoms with Gasteiger partial charge in [-0.3, -0.25) is 14.4 Å². The summed E-state index contributed by atoms with van der Waals surface area (Å²) >= 11 is 0. The average molecular weight is 390 g/mol. The number of hydrogen-bond acceptors (Lipinski definition) is 4. The summed E-state index contributed by atoms with van der Waals surface area (Å²) in [6.07, 6.45) is 4.54. The maximum Gasteiger partial charge on any atom is 0.325 e. The topological polar surface area (TPSA) is 105 Å². The van der Waals surface area contributed by atoms with Gasteiger partial charge in [-0.25, -0.2) is 0 Å². The third kappa shape index (κ3) is 6.34. The molecule has 2 rings (SSSR count). The molecule has 4 unspecified atom stereocenters. The molecule has 2 amide bonds. The van der Waals surface area contributed by atoms with Gasteiger partial charge in [0, 0.05) is 11.3 Å². The predicted molar refractivity (Wildman–Crippen MR) is 106 cm³/mol. The van der Waals surface area contributed by atoms with Crippen LogP contribution in [-0.4, -0.2) is 41.1 Å². The van der Waals surface area contributed by atoms with Crippen LogP contribution in [0.4, 0.5) is 5.69 Å². The zero-order valence-electron chi connectivity index (χ0n) is 16.7. The van der Waals surface area contributed by atoms with Gasteiger partial charge in [-0.2, -0.15) is 0 Å². The van der Waals surface area contributed by atoms with Gasteiger partial charge in [-0.1, -0.05) is 26.7 Å². The maximum atomic E-state index is 12.6. The van der Waals surface area contributed by atoms with E-state index in [4.69, 9.17) is 9.84 Å². The van der Waals surface area contributed by atoms with Crippen LogP contribution in [0.5, 0.6) is 0 Å². The van der Waals surface area contributed by atoms with Crippen LogP contribution in [0.2, 0.25) is 0 Å². The van der Waals surface area contributed by atoms with Crippen LogP contribution in [0.25, 0.3) is 0 Å². The Morgan fingerprint density at radius 3 is 2.46 bits per heavy atom. The number of carboxylic acid groups (broad SMARTS) is 1. The van der Waals surface area contributed by atoms with Gasteiger partial charge in [0.2, 0.25) is 0 Å². The SMILES string of the molecule is CCC(OC1CCCC(C)C1)C(=O)Nc1ccc(C(=O)NC(C)C(=O)O)cc1. The number of carbonyl (C=O) groups excluding carboxylic acids is 2. The molecule has 0 aromatic heterocycles.